The molecule has 0 aliphatic rings. The number of thiocarbonyl (C=S) groups is 1. The second-order valence-corrected chi connectivity index (χ2v) is 8.08. The quantitative estimate of drug-likeness (QED) is 0.474. The summed E-state index contributed by atoms with van der Waals surface area (Å²) in [6.07, 6.45) is 3.26. The van der Waals surface area contributed by atoms with Crippen molar-refractivity contribution in [1.29, 1.82) is 0 Å². The first-order chi connectivity index (χ1) is 14.4. The molecule has 0 fully saturated rings. The van der Waals surface area contributed by atoms with Crippen molar-refractivity contribution in [1.82, 2.24) is 4.98 Å². The maximum absolute atomic E-state index is 12.9. The molecule has 0 aliphatic heterocycles. The van der Waals surface area contributed by atoms with Crippen molar-refractivity contribution in [3.05, 3.63) is 67.0 Å². The summed E-state index contributed by atoms with van der Waals surface area (Å²) < 4.78 is 38.9. The van der Waals surface area contributed by atoms with Crippen molar-refractivity contribution in [3.63, 3.8) is 0 Å². The molecule has 3 N–H and O–H groups in total. The maximum atomic E-state index is 12.9. The molecule has 156 valence electrons. The summed E-state index contributed by atoms with van der Waals surface area (Å²) in [6, 6.07) is 14.7. The number of anilines is 3. The standard InChI is InChI=1S/C20H20N4O4S2/c1-27-18-8-4-3-7-16(18)24-30(25,26)15-9-10-19(28-2)17(12-15)23-20(29)22-14-6-5-11-21-13-14/h3-13,24H,1-2H3,(H2,22,23,29). The summed E-state index contributed by atoms with van der Waals surface area (Å²) in [7, 11) is -0.931. The summed E-state index contributed by atoms with van der Waals surface area (Å²) in [5.74, 6) is 0.844. The molecule has 3 aromatic rings. The molecule has 10 heteroatoms. The van der Waals surface area contributed by atoms with E-state index in [2.05, 4.69) is 20.3 Å². The van der Waals surface area contributed by atoms with Crippen LogP contribution in [0.3, 0.4) is 0 Å². The number of methoxy groups -OCH3 is 2. The zero-order chi connectivity index (χ0) is 21.6. The molecule has 0 bridgehead atoms. The average Bonchev–Trinajstić information content (AvgIpc) is 2.74. The van der Waals surface area contributed by atoms with Gasteiger partial charge in [-0.2, -0.15) is 0 Å². The highest BCUT2D eigenvalue weighted by molar-refractivity contribution is 7.92. The molecular weight excluding hydrogens is 424 g/mol. The first-order valence-electron chi connectivity index (χ1n) is 8.75. The minimum atomic E-state index is -3.89. The smallest absolute Gasteiger partial charge is 0.262 e. The second kappa shape index (κ2) is 9.42. The minimum Gasteiger partial charge on any atom is -0.495 e. The highest BCUT2D eigenvalue weighted by Crippen LogP contribution is 2.30. The molecule has 0 radical (unpaired) electrons. The number of nitrogens with zero attached hydrogens (tertiary/aromatic N) is 1. The number of para-hydroxylation sites is 2. The van der Waals surface area contributed by atoms with Gasteiger partial charge < -0.3 is 20.1 Å². The Bertz CT molecular complexity index is 1140. The van der Waals surface area contributed by atoms with Gasteiger partial charge in [-0.05, 0) is 54.7 Å². The van der Waals surface area contributed by atoms with Crippen molar-refractivity contribution in [2.24, 2.45) is 0 Å². The molecule has 0 unspecified atom stereocenters. The van der Waals surface area contributed by atoms with Gasteiger partial charge in [0, 0.05) is 6.20 Å². The van der Waals surface area contributed by atoms with Gasteiger partial charge in [-0.3, -0.25) is 9.71 Å². The highest BCUT2D eigenvalue weighted by Gasteiger charge is 2.19. The normalized spacial score (nSPS) is 10.7. The molecule has 30 heavy (non-hydrogen) atoms. The fourth-order valence-electron chi connectivity index (χ4n) is 2.61. The van der Waals surface area contributed by atoms with Crippen molar-refractivity contribution in [2.45, 2.75) is 4.90 Å². The van der Waals surface area contributed by atoms with Crippen LogP contribution in [0, 0.1) is 0 Å². The lowest BCUT2D eigenvalue weighted by Crippen LogP contribution is -2.20. The Labute approximate surface area is 180 Å². The number of rotatable bonds is 7. The fraction of sp³-hybridized carbons (Fsp3) is 0.100. The van der Waals surface area contributed by atoms with Gasteiger partial charge in [0.05, 0.1) is 42.4 Å². The Morgan fingerprint density at radius 1 is 0.933 bits per heavy atom. The molecule has 0 saturated heterocycles. The van der Waals surface area contributed by atoms with Gasteiger partial charge in [-0.1, -0.05) is 12.1 Å². The van der Waals surface area contributed by atoms with Gasteiger partial charge in [0.25, 0.3) is 10.0 Å². The Balaban J connectivity index is 1.85. The van der Waals surface area contributed by atoms with Crippen molar-refractivity contribution >= 4 is 44.4 Å². The highest BCUT2D eigenvalue weighted by atomic mass is 32.2. The number of benzene rings is 2. The number of pyridine rings is 1. The fourth-order valence-corrected chi connectivity index (χ4v) is 3.93. The minimum absolute atomic E-state index is 0.0286. The van der Waals surface area contributed by atoms with Crippen LogP contribution in [-0.4, -0.2) is 32.7 Å². The molecule has 2 aromatic carbocycles. The van der Waals surface area contributed by atoms with E-state index in [4.69, 9.17) is 21.7 Å². The van der Waals surface area contributed by atoms with E-state index in [9.17, 15) is 8.42 Å². The molecule has 0 spiro atoms. The number of nitrogens with one attached hydrogen (secondary N) is 3. The summed E-state index contributed by atoms with van der Waals surface area (Å²) in [6.45, 7) is 0. The van der Waals surface area contributed by atoms with Crippen LogP contribution in [0.25, 0.3) is 0 Å². The van der Waals surface area contributed by atoms with E-state index in [1.165, 1.54) is 26.4 Å². The Kier molecular flexibility index (Phi) is 6.70. The lowest BCUT2D eigenvalue weighted by atomic mass is 10.3. The first-order valence-corrected chi connectivity index (χ1v) is 10.6. The summed E-state index contributed by atoms with van der Waals surface area (Å²) >= 11 is 5.31. The predicted molar refractivity (Wildman–Crippen MR) is 121 cm³/mol. The number of aromatic nitrogens is 1. The third kappa shape index (κ3) is 5.16. The topological polar surface area (TPSA) is 102 Å². The number of hydrogen-bond donors (Lipinski definition) is 3. The van der Waals surface area contributed by atoms with Gasteiger partial charge >= 0.3 is 0 Å². The summed E-state index contributed by atoms with van der Waals surface area (Å²) in [5, 5.41) is 6.19. The van der Waals surface area contributed by atoms with Crippen LogP contribution in [0.1, 0.15) is 0 Å². The zero-order valence-corrected chi connectivity index (χ0v) is 17.9. The van der Waals surface area contributed by atoms with Gasteiger partial charge in [0.2, 0.25) is 0 Å². The Hall–Kier alpha value is -3.37. The molecule has 1 heterocycles. The van der Waals surface area contributed by atoms with E-state index in [0.29, 0.717) is 28.6 Å². The lowest BCUT2D eigenvalue weighted by Gasteiger charge is -2.16. The average molecular weight is 445 g/mol. The molecule has 0 amide bonds. The number of hydrogen-bond acceptors (Lipinski definition) is 6. The molecular formula is C20H20N4O4S2. The van der Waals surface area contributed by atoms with Gasteiger partial charge in [-0.15, -0.1) is 0 Å². The van der Waals surface area contributed by atoms with Crippen LogP contribution in [0.4, 0.5) is 17.1 Å². The van der Waals surface area contributed by atoms with E-state index in [1.807, 2.05) is 0 Å². The lowest BCUT2D eigenvalue weighted by molar-refractivity contribution is 0.416. The van der Waals surface area contributed by atoms with Crippen LogP contribution in [0.15, 0.2) is 71.9 Å². The van der Waals surface area contributed by atoms with E-state index in [-0.39, 0.29) is 10.0 Å². The van der Waals surface area contributed by atoms with Gasteiger partial charge in [0.1, 0.15) is 11.5 Å². The van der Waals surface area contributed by atoms with Crippen molar-refractivity contribution in [2.75, 3.05) is 29.6 Å². The van der Waals surface area contributed by atoms with Crippen LogP contribution in [0.5, 0.6) is 11.5 Å². The largest absolute Gasteiger partial charge is 0.495 e. The Morgan fingerprint density at radius 3 is 2.37 bits per heavy atom. The third-order valence-corrected chi connectivity index (χ3v) is 5.57. The van der Waals surface area contributed by atoms with Crippen molar-refractivity contribution < 1.29 is 17.9 Å². The molecule has 0 saturated carbocycles. The zero-order valence-electron chi connectivity index (χ0n) is 16.2. The monoisotopic (exact) mass is 444 g/mol. The van der Waals surface area contributed by atoms with Crippen molar-refractivity contribution in [3.8, 4) is 11.5 Å². The first kappa shape index (κ1) is 21.3. The number of ether oxygens (including phenoxy) is 2. The SMILES string of the molecule is COc1ccc(S(=O)(=O)Nc2ccccc2OC)cc1NC(=S)Nc1cccnc1. The van der Waals surface area contributed by atoms with Crippen LogP contribution in [0.2, 0.25) is 0 Å². The van der Waals surface area contributed by atoms with E-state index in [0.717, 1.165) is 0 Å². The molecule has 0 atom stereocenters. The number of sulfonamides is 1. The van der Waals surface area contributed by atoms with Crippen LogP contribution >= 0.6 is 12.2 Å². The summed E-state index contributed by atoms with van der Waals surface area (Å²) in [4.78, 5) is 4.04. The van der Waals surface area contributed by atoms with E-state index in [1.54, 1.807) is 54.9 Å². The van der Waals surface area contributed by atoms with Gasteiger partial charge in [0.15, 0.2) is 5.11 Å². The Morgan fingerprint density at radius 2 is 1.67 bits per heavy atom. The van der Waals surface area contributed by atoms with Gasteiger partial charge in [-0.25, -0.2) is 8.42 Å². The molecule has 0 aliphatic carbocycles. The van der Waals surface area contributed by atoms with Crippen LogP contribution < -0.4 is 24.8 Å². The molecule has 1 aromatic heterocycles. The summed E-state index contributed by atoms with van der Waals surface area (Å²) in [5.41, 5.74) is 1.41. The predicted octanol–water partition coefficient (Wildman–Crippen LogP) is 3.71. The molecule has 3 rings (SSSR count). The molecule has 8 nitrogen and oxygen atoms in total. The second-order valence-electron chi connectivity index (χ2n) is 5.99. The van der Waals surface area contributed by atoms with E-state index >= 15 is 0 Å². The van der Waals surface area contributed by atoms with Crippen LogP contribution in [-0.2, 0) is 10.0 Å². The maximum Gasteiger partial charge on any atom is 0.262 e. The van der Waals surface area contributed by atoms with E-state index < -0.39 is 10.0 Å². The third-order valence-electron chi connectivity index (χ3n) is 4.00.